The van der Waals surface area contributed by atoms with Gasteiger partial charge in [-0.05, 0) is 36.1 Å². The van der Waals surface area contributed by atoms with Crippen molar-refractivity contribution >= 4 is 5.96 Å². The molecule has 0 aliphatic carbocycles. The number of methoxy groups -OCH3 is 2. The zero-order valence-electron chi connectivity index (χ0n) is 16.9. The van der Waals surface area contributed by atoms with E-state index < -0.39 is 0 Å². The molecule has 1 N–H and O–H groups in total. The molecule has 148 valence electrons. The molecule has 0 saturated carbocycles. The van der Waals surface area contributed by atoms with Gasteiger partial charge < -0.3 is 14.4 Å². The Morgan fingerprint density at radius 2 is 1.78 bits per heavy atom. The zero-order valence-corrected chi connectivity index (χ0v) is 16.9. The van der Waals surface area contributed by atoms with Crippen LogP contribution in [-0.4, -0.2) is 38.2 Å². The number of nitrogens with one attached hydrogen (secondary N) is 1. The highest BCUT2D eigenvalue weighted by atomic mass is 16.5. The molecule has 0 amide bonds. The molecule has 1 aliphatic rings. The maximum atomic E-state index is 9.11. The minimum Gasteiger partial charge on any atom is -0.493 e. The van der Waals surface area contributed by atoms with Gasteiger partial charge in [0.2, 0.25) is 5.96 Å². The predicted octanol–water partition coefficient (Wildman–Crippen LogP) is 3.85. The second-order valence-electron chi connectivity index (χ2n) is 6.86. The zero-order chi connectivity index (χ0) is 19.5. The average molecular weight is 373 g/mol. The van der Waals surface area contributed by atoms with Gasteiger partial charge in [-0.3, -0.25) is 10.3 Å². The minimum absolute atomic E-state index is 0.673. The lowest BCUT2D eigenvalue weighted by molar-refractivity contribution is 0.346. The maximum absolute atomic E-state index is 9.11. The lowest BCUT2D eigenvalue weighted by Crippen LogP contribution is -2.42. The Bertz CT molecular complexity index is 667. The van der Waals surface area contributed by atoms with Crippen molar-refractivity contribution in [3.05, 3.63) is 23.3 Å². The predicted molar refractivity (Wildman–Crippen MR) is 108 cm³/mol. The summed E-state index contributed by atoms with van der Waals surface area (Å²) in [7, 11) is 3.30. The van der Waals surface area contributed by atoms with Gasteiger partial charge in [0.15, 0.2) is 17.7 Å². The fourth-order valence-corrected chi connectivity index (χ4v) is 3.41. The molecule has 6 heteroatoms. The topological polar surface area (TPSA) is 69.9 Å². The molecule has 0 atom stereocenters. The first kappa shape index (κ1) is 20.9. The highest BCUT2D eigenvalue weighted by Gasteiger charge is 2.21. The van der Waals surface area contributed by atoms with Crippen LogP contribution in [0.2, 0.25) is 0 Å². The third-order valence-electron chi connectivity index (χ3n) is 4.96. The Hall–Kier alpha value is -2.42. The van der Waals surface area contributed by atoms with Gasteiger partial charge in [-0.1, -0.05) is 39.0 Å². The summed E-state index contributed by atoms with van der Waals surface area (Å²) in [5, 5.41) is 11.9. The summed E-state index contributed by atoms with van der Waals surface area (Å²) in [5.74, 6) is 2.17. The van der Waals surface area contributed by atoms with E-state index in [-0.39, 0.29) is 0 Å². The van der Waals surface area contributed by atoms with E-state index >= 15 is 0 Å². The SMILES string of the molecule is CCCCCCCCN=C(NC#N)N1CCc2cc(OC)c(OC)cc2C1. The van der Waals surface area contributed by atoms with Crippen LogP contribution in [-0.2, 0) is 13.0 Å². The van der Waals surface area contributed by atoms with Gasteiger partial charge in [0, 0.05) is 19.6 Å². The highest BCUT2D eigenvalue weighted by Crippen LogP contribution is 2.33. The molecular weight excluding hydrogens is 340 g/mol. The van der Waals surface area contributed by atoms with Crippen molar-refractivity contribution in [1.29, 1.82) is 5.26 Å². The van der Waals surface area contributed by atoms with Crippen LogP contribution in [0.15, 0.2) is 17.1 Å². The van der Waals surface area contributed by atoms with Crippen molar-refractivity contribution in [3.8, 4) is 17.7 Å². The average Bonchev–Trinajstić information content (AvgIpc) is 2.70. The van der Waals surface area contributed by atoms with Crippen LogP contribution in [0.5, 0.6) is 11.5 Å². The summed E-state index contributed by atoms with van der Waals surface area (Å²) in [6.07, 6.45) is 10.3. The van der Waals surface area contributed by atoms with Crippen molar-refractivity contribution in [2.45, 2.75) is 58.4 Å². The van der Waals surface area contributed by atoms with E-state index in [1.807, 2.05) is 12.3 Å². The Morgan fingerprint density at radius 1 is 1.11 bits per heavy atom. The van der Waals surface area contributed by atoms with Gasteiger partial charge in [-0.25, -0.2) is 0 Å². The fraction of sp³-hybridized carbons (Fsp3) is 0.619. The van der Waals surface area contributed by atoms with E-state index in [2.05, 4.69) is 28.2 Å². The third kappa shape index (κ3) is 6.06. The van der Waals surface area contributed by atoms with E-state index in [0.717, 1.165) is 37.4 Å². The molecule has 0 spiro atoms. The van der Waals surface area contributed by atoms with Crippen LogP contribution in [0, 0.1) is 11.5 Å². The molecule has 0 unspecified atom stereocenters. The molecule has 6 nitrogen and oxygen atoms in total. The number of rotatable bonds is 9. The molecule has 0 aromatic heterocycles. The minimum atomic E-state index is 0.673. The second kappa shape index (κ2) is 11.3. The molecule has 1 aromatic rings. The number of nitriles is 1. The lowest BCUT2D eigenvalue weighted by Gasteiger charge is -2.31. The number of hydrogen-bond acceptors (Lipinski definition) is 4. The van der Waals surface area contributed by atoms with Crippen molar-refractivity contribution in [3.63, 3.8) is 0 Å². The standard InChI is InChI=1S/C21H32N4O2/c1-4-5-6-7-8-9-11-23-21(24-16-22)25-12-10-17-13-19(26-2)20(27-3)14-18(17)15-25/h13-14H,4-12,15H2,1-3H3,(H,23,24). The van der Waals surface area contributed by atoms with E-state index in [4.69, 9.17) is 14.7 Å². The molecular formula is C21H32N4O2. The molecule has 0 saturated heterocycles. The summed E-state index contributed by atoms with van der Waals surface area (Å²) in [6, 6.07) is 4.08. The van der Waals surface area contributed by atoms with Crippen molar-refractivity contribution < 1.29 is 9.47 Å². The molecule has 1 heterocycles. The molecule has 2 rings (SSSR count). The van der Waals surface area contributed by atoms with Crippen LogP contribution in [0.1, 0.15) is 56.6 Å². The first-order valence-electron chi connectivity index (χ1n) is 9.91. The Kier molecular flexibility index (Phi) is 8.76. The van der Waals surface area contributed by atoms with Gasteiger partial charge >= 0.3 is 0 Å². The number of nitrogens with zero attached hydrogens (tertiary/aromatic N) is 3. The van der Waals surface area contributed by atoms with Gasteiger partial charge in [0.05, 0.1) is 14.2 Å². The smallest absolute Gasteiger partial charge is 0.207 e. The second-order valence-corrected chi connectivity index (χ2v) is 6.86. The van der Waals surface area contributed by atoms with E-state index in [0.29, 0.717) is 12.5 Å². The van der Waals surface area contributed by atoms with Crippen LogP contribution < -0.4 is 14.8 Å². The van der Waals surface area contributed by atoms with Gasteiger partial charge in [-0.2, -0.15) is 5.26 Å². The summed E-state index contributed by atoms with van der Waals surface area (Å²) in [4.78, 5) is 6.79. The third-order valence-corrected chi connectivity index (χ3v) is 4.96. The van der Waals surface area contributed by atoms with Crippen molar-refractivity contribution in [2.24, 2.45) is 4.99 Å². The quantitative estimate of drug-likeness (QED) is 0.234. The lowest BCUT2D eigenvalue weighted by atomic mass is 9.99. The molecule has 0 fully saturated rings. The molecule has 1 aliphatic heterocycles. The van der Waals surface area contributed by atoms with Crippen LogP contribution >= 0.6 is 0 Å². The van der Waals surface area contributed by atoms with Gasteiger partial charge in [0.1, 0.15) is 0 Å². The highest BCUT2D eigenvalue weighted by molar-refractivity contribution is 5.81. The van der Waals surface area contributed by atoms with E-state index in [9.17, 15) is 0 Å². The van der Waals surface area contributed by atoms with Gasteiger partial charge in [0.25, 0.3) is 0 Å². The largest absolute Gasteiger partial charge is 0.493 e. The number of benzene rings is 1. The summed E-state index contributed by atoms with van der Waals surface area (Å²) < 4.78 is 10.8. The first-order valence-corrected chi connectivity index (χ1v) is 9.91. The van der Waals surface area contributed by atoms with Crippen molar-refractivity contribution in [1.82, 2.24) is 10.2 Å². The van der Waals surface area contributed by atoms with E-state index in [1.54, 1.807) is 14.2 Å². The summed E-state index contributed by atoms with van der Waals surface area (Å²) >= 11 is 0. The normalized spacial score (nSPS) is 13.7. The number of hydrogen-bond donors (Lipinski definition) is 1. The number of guanidine groups is 1. The maximum Gasteiger partial charge on any atom is 0.207 e. The molecule has 27 heavy (non-hydrogen) atoms. The Morgan fingerprint density at radius 3 is 2.44 bits per heavy atom. The fourth-order valence-electron chi connectivity index (χ4n) is 3.41. The van der Waals surface area contributed by atoms with Crippen LogP contribution in [0.25, 0.3) is 0 Å². The molecule has 1 aromatic carbocycles. The van der Waals surface area contributed by atoms with Gasteiger partial charge in [-0.15, -0.1) is 0 Å². The first-order chi connectivity index (χ1) is 13.2. The van der Waals surface area contributed by atoms with E-state index in [1.165, 1.54) is 43.2 Å². The van der Waals surface area contributed by atoms with Crippen molar-refractivity contribution in [2.75, 3.05) is 27.3 Å². The van der Waals surface area contributed by atoms with Crippen LogP contribution in [0.3, 0.4) is 0 Å². The number of aliphatic imine (C=N–C) groups is 1. The monoisotopic (exact) mass is 372 g/mol. The molecule has 0 radical (unpaired) electrons. The summed E-state index contributed by atoms with van der Waals surface area (Å²) in [6.45, 7) is 4.52. The van der Waals surface area contributed by atoms with Crippen LogP contribution in [0.4, 0.5) is 0 Å². The number of unbranched alkanes of at least 4 members (excludes halogenated alkanes) is 5. The number of fused-ring (bicyclic) bond motifs is 1. The number of ether oxygens (including phenoxy) is 2. The Balaban J connectivity index is 1.98. The summed E-state index contributed by atoms with van der Waals surface area (Å²) in [5.41, 5.74) is 2.45. The Labute approximate surface area is 163 Å². The molecule has 0 bridgehead atoms.